The smallest absolute Gasteiger partial charge is 0.333 e. The summed E-state index contributed by atoms with van der Waals surface area (Å²) in [6.07, 6.45) is 2.13. The maximum atomic E-state index is 11.5. The Balaban J connectivity index is 2.38. The molecular weight excluding hydrogens is 272 g/mol. The van der Waals surface area contributed by atoms with Gasteiger partial charge in [0, 0.05) is 12.6 Å². The Morgan fingerprint density at radius 1 is 1.57 bits per heavy atom. The maximum absolute atomic E-state index is 11.5. The monoisotopic (exact) mass is 294 g/mol. The summed E-state index contributed by atoms with van der Waals surface area (Å²) >= 11 is 0. The van der Waals surface area contributed by atoms with Gasteiger partial charge in [0.15, 0.2) is 5.75 Å². The van der Waals surface area contributed by atoms with E-state index in [9.17, 15) is 15.2 Å². The molecule has 0 radical (unpaired) electrons. The number of ether oxygens (including phenoxy) is 1. The van der Waals surface area contributed by atoms with E-state index in [0.29, 0.717) is 24.5 Å². The fraction of sp³-hybridized carbons (Fsp3) is 0.600. The quantitative estimate of drug-likeness (QED) is 0.645. The first kappa shape index (κ1) is 15.6. The number of hydrogen-bond acceptors (Lipinski definition) is 5. The molecule has 0 unspecified atom stereocenters. The number of anilines is 1. The standard InChI is InChI=1S/C15H22N2O4/c1-3-21-14-8-4-7-13(15(14)17(19)20)16-9-5-6-12(16)10-11(2)18/h4,7-8,11-12,18H,3,5-6,9-10H2,1-2H3/t11-,12+/m0/s1. The molecule has 1 saturated heterocycles. The van der Waals surface area contributed by atoms with Crippen molar-refractivity contribution in [2.24, 2.45) is 0 Å². The van der Waals surface area contributed by atoms with Crippen LogP contribution in [0.15, 0.2) is 18.2 Å². The maximum Gasteiger partial charge on any atom is 0.333 e. The molecule has 0 aromatic heterocycles. The summed E-state index contributed by atoms with van der Waals surface area (Å²) in [5.74, 6) is 0.308. The summed E-state index contributed by atoms with van der Waals surface area (Å²) in [6, 6.07) is 5.32. The van der Waals surface area contributed by atoms with Crippen LogP contribution in [-0.2, 0) is 0 Å². The van der Waals surface area contributed by atoms with E-state index >= 15 is 0 Å². The highest BCUT2D eigenvalue weighted by Crippen LogP contribution is 2.40. The first-order chi connectivity index (χ1) is 10.0. The molecule has 1 aromatic carbocycles. The van der Waals surface area contributed by atoms with Crippen LogP contribution in [0.1, 0.15) is 33.1 Å². The molecule has 2 atom stereocenters. The summed E-state index contributed by atoms with van der Waals surface area (Å²) in [6.45, 7) is 4.72. The van der Waals surface area contributed by atoms with Gasteiger partial charge in [-0.1, -0.05) is 6.07 Å². The van der Waals surface area contributed by atoms with Crippen LogP contribution >= 0.6 is 0 Å². The Labute approximate surface area is 124 Å². The van der Waals surface area contributed by atoms with Gasteiger partial charge in [-0.2, -0.15) is 0 Å². The van der Waals surface area contributed by atoms with Gasteiger partial charge < -0.3 is 14.7 Å². The minimum absolute atomic E-state index is 0.0249. The largest absolute Gasteiger partial charge is 0.487 e. The van der Waals surface area contributed by atoms with Crippen LogP contribution in [0.5, 0.6) is 5.75 Å². The van der Waals surface area contributed by atoms with Crippen LogP contribution in [0.25, 0.3) is 0 Å². The first-order valence-corrected chi connectivity index (χ1v) is 7.39. The minimum atomic E-state index is -0.412. The van der Waals surface area contributed by atoms with E-state index in [-0.39, 0.29) is 16.7 Å². The third-order valence-corrected chi connectivity index (χ3v) is 3.76. The molecule has 0 aliphatic carbocycles. The Kier molecular flexibility index (Phi) is 5.01. The summed E-state index contributed by atoms with van der Waals surface area (Å²) in [5.41, 5.74) is 0.617. The van der Waals surface area contributed by atoms with Gasteiger partial charge >= 0.3 is 5.69 Å². The average molecular weight is 294 g/mol. The van der Waals surface area contributed by atoms with Crippen molar-refractivity contribution < 1.29 is 14.8 Å². The highest BCUT2D eigenvalue weighted by Gasteiger charge is 2.32. The van der Waals surface area contributed by atoms with Gasteiger partial charge in [0.25, 0.3) is 0 Å². The topological polar surface area (TPSA) is 75.8 Å². The lowest BCUT2D eigenvalue weighted by Gasteiger charge is -2.27. The van der Waals surface area contributed by atoms with Crippen molar-refractivity contribution in [2.45, 2.75) is 45.3 Å². The van der Waals surface area contributed by atoms with Crippen LogP contribution < -0.4 is 9.64 Å². The number of para-hydroxylation sites is 1. The molecule has 0 saturated carbocycles. The molecule has 6 heteroatoms. The van der Waals surface area contributed by atoms with Crippen molar-refractivity contribution >= 4 is 11.4 Å². The molecule has 1 N–H and O–H groups in total. The number of benzene rings is 1. The molecule has 1 aliphatic rings. The van der Waals surface area contributed by atoms with Gasteiger partial charge in [-0.25, -0.2) is 0 Å². The molecule has 1 fully saturated rings. The fourth-order valence-electron chi connectivity index (χ4n) is 2.99. The number of aliphatic hydroxyl groups excluding tert-OH is 1. The van der Waals surface area contributed by atoms with Gasteiger partial charge in [-0.05, 0) is 45.2 Å². The van der Waals surface area contributed by atoms with E-state index < -0.39 is 6.10 Å². The SMILES string of the molecule is CCOc1cccc(N2CCC[C@@H]2C[C@H](C)O)c1[N+](=O)[O-]. The molecule has 6 nitrogen and oxygen atoms in total. The molecule has 21 heavy (non-hydrogen) atoms. The first-order valence-electron chi connectivity index (χ1n) is 7.39. The predicted octanol–water partition coefficient (Wildman–Crippen LogP) is 2.73. The van der Waals surface area contributed by atoms with E-state index in [4.69, 9.17) is 4.74 Å². The summed E-state index contributed by atoms with van der Waals surface area (Å²) in [4.78, 5) is 13.1. The third-order valence-electron chi connectivity index (χ3n) is 3.76. The zero-order valence-electron chi connectivity index (χ0n) is 12.5. The van der Waals surface area contributed by atoms with E-state index in [1.165, 1.54) is 0 Å². The van der Waals surface area contributed by atoms with Gasteiger partial charge in [0.05, 0.1) is 17.6 Å². The zero-order chi connectivity index (χ0) is 15.4. The van der Waals surface area contributed by atoms with Crippen molar-refractivity contribution in [2.75, 3.05) is 18.1 Å². The zero-order valence-corrected chi connectivity index (χ0v) is 12.5. The molecular formula is C15H22N2O4. The van der Waals surface area contributed by atoms with Crippen molar-refractivity contribution in [3.63, 3.8) is 0 Å². The van der Waals surface area contributed by atoms with Gasteiger partial charge in [-0.15, -0.1) is 0 Å². The highest BCUT2D eigenvalue weighted by atomic mass is 16.6. The molecule has 1 heterocycles. The molecule has 116 valence electrons. The summed E-state index contributed by atoms with van der Waals surface area (Å²) in [7, 11) is 0. The van der Waals surface area contributed by atoms with E-state index in [0.717, 1.165) is 19.4 Å². The Bertz CT molecular complexity index is 504. The molecule has 1 aliphatic heterocycles. The second kappa shape index (κ2) is 6.76. The normalized spacial score (nSPS) is 19.6. The molecule has 0 spiro atoms. The van der Waals surface area contributed by atoms with E-state index in [1.807, 2.05) is 11.8 Å². The van der Waals surface area contributed by atoms with Gasteiger partial charge in [-0.3, -0.25) is 10.1 Å². The van der Waals surface area contributed by atoms with Crippen molar-refractivity contribution in [1.29, 1.82) is 0 Å². The number of hydrogen-bond donors (Lipinski definition) is 1. The van der Waals surface area contributed by atoms with Crippen LogP contribution in [0.2, 0.25) is 0 Å². The molecule has 0 bridgehead atoms. The van der Waals surface area contributed by atoms with Crippen LogP contribution in [-0.4, -0.2) is 35.3 Å². The minimum Gasteiger partial charge on any atom is -0.487 e. The fourth-order valence-corrected chi connectivity index (χ4v) is 2.99. The van der Waals surface area contributed by atoms with Gasteiger partial charge in [0.2, 0.25) is 0 Å². The molecule has 2 rings (SSSR count). The lowest BCUT2D eigenvalue weighted by molar-refractivity contribution is -0.385. The lowest BCUT2D eigenvalue weighted by Crippen LogP contribution is -2.32. The molecule has 1 aromatic rings. The lowest BCUT2D eigenvalue weighted by atomic mass is 10.1. The van der Waals surface area contributed by atoms with Crippen LogP contribution in [0.3, 0.4) is 0 Å². The predicted molar refractivity (Wildman–Crippen MR) is 80.9 cm³/mol. The number of rotatable bonds is 6. The third kappa shape index (κ3) is 3.44. The number of nitro benzene ring substituents is 1. The van der Waals surface area contributed by atoms with Crippen LogP contribution in [0, 0.1) is 10.1 Å². The Hall–Kier alpha value is -1.82. The number of nitro groups is 1. The van der Waals surface area contributed by atoms with Crippen LogP contribution in [0.4, 0.5) is 11.4 Å². The van der Waals surface area contributed by atoms with Crippen molar-refractivity contribution in [1.82, 2.24) is 0 Å². The summed E-state index contributed by atoms with van der Waals surface area (Å²) in [5, 5.41) is 21.1. The van der Waals surface area contributed by atoms with E-state index in [1.54, 1.807) is 25.1 Å². The average Bonchev–Trinajstić information content (AvgIpc) is 2.85. The Morgan fingerprint density at radius 2 is 2.33 bits per heavy atom. The number of aliphatic hydroxyl groups is 1. The second-order valence-corrected chi connectivity index (χ2v) is 5.39. The highest BCUT2D eigenvalue weighted by molar-refractivity contribution is 5.70. The van der Waals surface area contributed by atoms with Crippen molar-refractivity contribution in [3.05, 3.63) is 28.3 Å². The van der Waals surface area contributed by atoms with E-state index in [2.05, 4.69) is 0 Å². The Morgan fingerprint density at radius 3 is 2.95 bits per heavy atom. The molecule has 0 amide bonds. The summed E-state index contributed by atoms with van der Waals surface area (Å²) < 4.78 is 5.40. The number of nitrogens with zero attached hydrogens (tertiary/aromatic N) is 2. The van der Waals surface area contributed by atoms with Gasteiger partial charge in [0.1, 0.15) is 5.69 Å². The second-order valence-electron chi connectivity index (χ2n) is 5.39. The van der Waals surface area contributed by atoms with Crippen molar-refractivity contribution in [3.8, 4) is 5.75 Å².